The summed E-state index contributed by atoms with van der Waals surface area (Å²) in [6, 6.07) is 12.3. The topological polar surface area (TPSA) is 166 Å². The van der Waals surface area contributed by atoms with Crippen molar-refractivity contribution in [2.45, 2.75) is 71.1 Å². The van der Waals surface area contributed by atoms with Crippen LogP contribution in [0.25, 0.3) is 0 Å². The number of carbonyl (C=O) groups excluding carboxylic acids is 5. The van der Waals surface area contributed by atoms with E-state index in [2.05, 4.69) is 21.3 Å². The van der Waals surface area contributed by atoms with Crippen LogP contribution < -0.4 is 21.3 Å². The Bertz CT molecular complexity index is 1300. The summed E-state index contributed by atoms with van der Waals surface area (Å²) in [5.74, 6) is -2.12. The maximum absolute atomic E-state index is 13.5. The van der Waals surface area contributed by atoms with Crippen molar-refractivity contribution in [3.05, 3.63) is 65.7 Å². The SMILES string of the molecule is CCOC(=O)[C@H](Cc1ccc(O)cc1)NC(=O)[C@@H](C)NC(=O)CNC(=O)[C@@H](Cc1ccccc1)N1CCN[C@H](CC(C)C)C1=O. The zero-order valence-electron chi connectivity index (χ0n) is 26.4. The van der Waals surface area contributed by atoms with E-state index in [1.807, 2.05) is 44.2 Å². The van der Waals surface area contributed by atoms with Gasteiger partial charge in [0.15, 0.2) is 0 Å². The fourth-order valence-electron chi connectivity index (χ4n) is 5.15. The second kappa shape index (κ2) is 17.1. The van der Waals surface area contributed by atoms with E-state index < -0.39 is 48.4 Å². The number of nitrogens with zero attached hydrogens (tertiary/aromatic N) is 1. The summed E-state index contributed by atoms with van der Waals surface area (Å²) < 4.78 is 5.10. The van der Waals surface area contributed by atoms with Crippen molar-refractivity contribution < 1.29 is 33.8 Å². The van der Waals surface area contributed by atoms with Gasteiger partial charge in [-0.3, -0.25) is 19.2 Å². The maximum Gasteiger partial charge on any atom is 0.328 e. The Morgan fingerprint density at radius 2 is 1.62 bits per heavy atom. The Kier molecular flexibility index (Phi) is 13.3. The molecule has 0 unspecified atom stereocenters. The van der Waals surface area contributed by atoms with Crippen molar-refractivity contribution in [3.8, 4) is 5.75 Å². The highest BCUT2D eigenvalue weighted by Crippen LogP contribution is 2.17. The minimum absolute atomic E-state index is 0.0696. The summed E-state index contributed by atoms with van der Waals surface area (Å²) in [4.78, 5) is 66.7. The monoisotopic (exact) mass is 623 g/mol. The van der Waals surface area contributed by atoms with E-state index in [0.717, 1.165) is 5.56 Å². The van der Waals surface area contributed by atoms with Crippen LogP contribution in [0.3, 0.4) is 0 Å². The average Bonchev–Trinajstić information content (AvgIpc) is 3.01. The van der Waals surface area contributed by atoms with Gasteiger partial charge in [-0.1, -0.05) is 56.3 Å². The number of nitrogens with one attached hydrogen (secondary N) is 4. The first kappa shape index (κ1) is 35.0. The van der Waals surface area contributed by atoms with Gasteiger partial charge in [-0.2, -0.15) is 0 Å². The Hall–Kier alpha value is -4.45. The van der Waals surface area contributed by atoms with Gasteiger partial charge in [0.25, 0.3) is 0 Å². The van der Waals surface area contributed by atoms with E-state index >= 15 is 0 Å². The van der Waals surface area contributed by atoms with Crippen LogP contribution in [-0.4, -0.2) is 90.0 Å². The number of carbonyl (C=O) groups is 5. The molecule has 1 saturated heterocycles. The van der Waals surface area contributed by atoms with Crippen molar-refractivity contribution in [1.82, 2.24) is 26.2 Å². The predicted octanol–water partition coefficient (Wildman–Crippen LogP) is 1.06. The number of esters is 1. The molecule has 244 valence electrons. The first-order valence-corrected chi connectivity index (χ1v) is 15.4. The van der Waals surface area contributed by atoms with Crippen molar-refractivity contribution in [3.63, 3.8) is 0 Å². The molecule has 1 heterocycles. The highest BCUT2D eigenvalue weighted by Gasteiger charge is 2.36. The van der Waals surface area contributed by atoms with Crippen LogP contribution >= 0.6 is 0 Å². The molecule has 3 rings (SSSR count). The predicted molar refractivity (Wildman–Crippen MR) is 168 cm³/mol. The van der Waals surface area contributed by atoms with Crippen LogP contribution in [0.5, 0.6) is 5.75 Å². The van der Waals surface area contributed by atoms with Gasteiger partial charge in [0, 0.05) is 25.9 Å². The number of rotatable bonds is 15. The van der Waals surface area contributed by atoms with Crippen molar-refractivity contribution in [2.24, 2.45) is 5.92 Å². The summed E-state index contributed by atoms with van der Waals surface area (Å²) in [5, 5.41) is 20.6. The molecule has 0 radical (unpaired) electrons. The summed E-state index contributed by atoms with van der Waals surface area (Å²) in [6.07, 6.45) is 1.04. The van der Waals surface area contributed by atoms with Gasteiger partial charge >= 0.3 is 5.97 Å². The molecule has 12 nitrogen and oxygen atoms in total. The molecule has 5 N–H and O–H groups in total. The van der Waals surface area contributed by atoms with Gasteiger partial charge < -0.3 is 36.0 Å². The van der Waals surface area contributed by atoms with E-state index in [9.17, 15) is 29.1 Å². The second-order valence-electron chi connectivity index (χ2n) is 11.6. The van der Waals surface area contributed by atoms with E-state index in [1.165, 1.54) is 19.1 Å². The smallest absolute Gasteiger partial charge is 0.328 e. The van der Waals surface area contributed by atoms with Crippen LogP contribution in [0.2, 0.25) is 0 Å². The molecular formula is C33H45N5O7. The lowest BCUT2D eigenvalue weighted by Crippen LogP contribution is -2.62. The van der Waals surface area contributed by atoms with E-state index in [-0.39, 0.29) is 43.1 Å². The van der Waals surface area contributed by atoms with Crippen molar-refractivity contribution in [1.29, 1.82) is 0 Å². The summed E-state index contributed by atoms with van der Waals surface area (Å²) in [5.41, 5.74) is 1.57. The molecule has 12 heteroatoms. The number of hydrogen-bond donors (Lipinski definition) is 5. The van der Waals surface area contributed by atoms with E-state index in [0.29, 0.717) is 25.1 Å². The Morgan fingerprint density at radius 3 is 2.27 bits per heavy atom. The zero-order valence-corrected chi connectivity index (χ0v) is 26.4. The Balaban J connectivity index is 1.61. The molecule has 0 spiro atoms. The number of hydrogen-bond acceptors (Lipinski definition) is 8. The number of piperazine rings is 1. The summed E-state index contributed by atoms with van der Waals surface area (Å²) >= 11 is 0. The van der Waals surface area contributed by atoms with Crippen LogP contribution in [0.4, 0.5) is 0 Å². The molecule has 1 fully saturated rings. The van der Waals surface area contributed by atoms with Gasteiger partial charge in [-0.25, -0.2) is 4.79 Å². The standard InChI is InChI=1S/C33H45N5O7/c1-5-45-33(44)27(18-24-11-13-25(39)14-12-24)37-30(41)22(4)36-29(40)20-35-31(42)28(19-23-9-7-6-8-10-23)38-16-15-34-26(32(38)43)17-21(2)3/h6-14,21-22,26-28,34,39H,5,15-20H2,1-4H3,(H,35,42)(H,36,40)(H,37,41)/t22-,26-,27+,28-/m1/s1. The molecule has 0 aromatic heterocycles. The third-order valence-electron chi connectivity index (χ3n) is 7.44. The van der Waals surface area contributed by atoms with Crippen LogP contribution in [0.1, 0.15) is 45.2 Å². The molecule has 1 aliphatic rings. The van der Waals surface area contributed by atoms with E-state index in [1.54, 1.807) is 24.0 Å². The first-order valence-electron chi connectivity index (χ1n) is 15.4. The van der Waals surface area contributed by atoms with Gasteiger partial charge in [0.2, 0.25) is 23.6 Å². The van der Waals surface area contributed by atoms with Gasteiger partial charge in [-0.15, -0.1) is 0 Å². The molecule has 0 saturated carbocycles. The molecule has 4 amide bonds. The van der Waals surface area contributed by atoms with Crippen molar-refractivity contribution >= 4 is 29.6 Å². The zero-order chi connectivity index (χ0) is 32.9. The fraction of sp³-hybridized carbons (Fsp3) is 0.485. The van der Waals surface area contributed by atoms with Crippen LogP contribution in [0.15, 0.2) is 54.6 Å². The summed E-state index contributed by atoms with van der Waals surface area (Å²) in [7, 11) is 0. The minimum Gasteiger partial charge on any atom is -0.508 e. The molecule has 1 aliphatic heterocycles. The largest absolute Gasteiger partial charge is 0.508 e. The Labute approximate surface area is 264 Å². The highest BCUT2D eigenvalue weighted by molar-refractivity contribution is 5.94. The second-order valence-corrected chi connectivity index (χ2v) is 11.6. The average molecular weight is 624 g/mol. The number of phenols is 1. The maximum atomic E-state index is 13.5. The highest BCUT2D eigenvalue weighted by atomic mass is 16.5. The molecule has 2 aromatic carbocycles. The van der Waals surface area contributed by atoms with Gasteiger partial charge in [0.1, 0.15) is 23.9 Å². The minimum atomic E-state index is -1.03. The molecular weight excluding hydrogens is 578 g/mol. The molecule has 0 bridgehead atoms. The molecule has 0 aliphatic carbocycles. The van der Waals surface area contributed by atoms with Crippen LogP contribution in [-0.2, 0) is 41.6 Å². The number of ether oxygens (including phenoxy) is 1. The lowest BCUT2D eigenvalue weighted by atomic mass is 9.97. The lowest BCUT2D eigenvalue weighted by molar-refractivity contribution is -0.147. The number of benzene rings is 2. The first-order chi connectivity index (χ1) is 21.5. The summed E-state index contributed by atoms with van der Waals surface area (Å²) in [6.45, 7) is 7.80. The van der Waals surface area contributed by atoms with Crippen molar-refractivity contribution in [2.75, 3.05) is 26.2 Å². The third kappa shape index (κ3) is 10.9. The lowest BCUT2D eigenvalue weighted by Gasteiger charge is -2.38. The molecule has 2 aromatic rings. The molecule has 45 heavy (non-hydrogen) atoms. The van der Waals surface area contributed by atoms with Gasteiger partial charge in [0.05, 0.1) is 19.2 Å². The Morgan fingerprint density at radius 1 is 0.956 bits per heavy atom. The number of amides is 4. The van der Waals surface area contributed by atoms with E-state index in [4.69, 9.17) is 4.74 Å². The quantitative estimate of drug-likeness (QED) is 0.184. The van der Waals surface area contributed by atoms with Gasteiger partial charge in [-0.05, 0) is 49.4 Å². The number of phenolic OH excluding ortho intramolecular Hbond substituents is 1. The normalized spacial score (nSPS) is 16.8. The third-order valence-corrected chi connectivity index (χ3v) is 7.44. The van der Waals surface area contributed by atoms with Crippen LogP contribution in [0, 0.1) is 5.92 Å². The number of aromatic hydroxyl groups is 1. The fourth-order valence-corrected chi connectivity index (χ4v) is 5.15. The molecule has 4 atom stereocenters.